The number of piperidine rings is 1. The first-order valence-corrected chi connectivity index (χ1v) is 10.7. The molecule has 0 bridgehead atoms. The highest BCUT2D eigenvalue weighted by atomic mass is 32.1. The molecule has 152 valence electrons. The molecule has 1 aliphatic heterocycles. The van der Waals surface area contributed by atoms with E-state index in [-0.39, 0.29) is 11.9 Å². The second kappa shape index (κ2) is 8.33. The molecule has 0 spiro atoms. The molecule has 2 aromatic heterocycles. The fraction of sp³-hybridized carbons (Fsp3) is 0.227. The van der Waals surface area contributed by atoms with Crippen LogP contribution in [0.2, 0.25) is 0 Å². The average molecular weight is 422 g/mol. The number of nitrogens with zero attached hydrogens (tertiary/aromatic N) is 3. The van der Waals surface area contributed by atoms with Gasteiger partial charge in [0.2, 0.25) is 5.95 Å². The molecular weight excluding hydrogens is 401 g/mol. The Hall–Kier alpha value is -3.10. The average Bonchev–Trinajstić information content (AvgIpc) is 3.29. The van der Waals surface area contributed by atoms with Gasteiger partial charge < -0.3 is 15.4 Å². The number of thiazole rings is 1. The van der Waals surface area contributed by atoms with Crippen molar-refractivity contribution in [2.45, 2.75) is 18.9 Å². The minimum absolute atomic E-state index is 0.161. The summed E-state index contributed by atoms with van der Waals surface area (Å²) in [5, 5.41) is 10.2. The van der Waals surface area contributed by atoms with Crippen LogP contribution in [0.5, 0.6) is 5.75 Å². The molecule has 5 rings (SSSR count). The summed E-state index contributed by atoms with van der Waals surface area (Å²) in [6.07, 6.45) is 5.64. The van der Waals surface area contributed by atoms with Crippen LogP contribution in [-0.2, 0) is 0 Å². The molecule has 2 N–H and O–H groups in total. The first-order valence-electron chi connectivity index (χ1n) is 9.85. The van der Waals surface area contributed by atoms with Crippen LogP contribution in [0.1, 0.15) is 12.8 Å². The first kappa shape index (κ1) is 18.9. The summed E-state index contributed by atoms with van der Waals surface area (Å²) in [4.78, 5) is 13.5. The van der Waals surface area contributed by atoms with Crippen LogP contribution < -0.4 is 15.4 Å². The van der Waals surface area contributed by atoms with Crippen molar-refractivity contribution >= 4 is 33.9 Å². The predicted molar refractivity (Wildman–Crippen MR) is 117 cm³/mol. The van der Waals surface area contributed by atoms with E-state index in [9.17, 15) is 4.39 Å². The van der Waals surface area contributed by atoms with Crippen LogP contribution in [0.25, 0.3) is 21.5 Å². The minimum Gasteiger partial charge on any atom is -0.490 e. The zero-order valence-electron chi connectivity index (χ0n) is 16.1. The normalized spacial score (nSPS) is 14.7. The van der Waals surface area contributed by atoms with Crippen molar-refractivity contribution in [2.75, 3.05) is 18.4 Å². The van der Waals surface area contributed by atoms with Gasteiger partial charge in [0.1, 0.15) is 22.7 Å². The fourth-order valence-electron chi connectivity index (χ4n) is 3.53. The van der Waals surface area contributed by atoms with Crippen molar-refractivity contribution in [2.24, 2.45) is 0 Å². The number of halogens is 1. The van der Waals surface area contributed by atoms with Gasteiger partial charge >= 0.3 is 0 Å². The monoisotopic (exact) mass is 421 g/mol. The third-order valence-corrected chi connectivity index (χ3v) is 5.81. The molecule has 4 aromatic rings. The van der Waals surface area contributed by atoms with E-state index in [1.807, 2.05) is 17.5 Å². The number of aromatic nitrogens is 3. The molecule has 0 unspecified atom stereocenters. The molecule has 8 heteroatoms. The number of hydrogen-bond donors (Lipinski definition) is 2. The van der Waals surface area contributed by atoms with Gasteiger partial charge in [0.25, 0.3) is 0 Å². The Kier molecular flexibility index (Phi) is 5.25. The number of benzene rings is 2. The fourth-order valence-corrected chi connectivity index (χ4v) is 4.19. The summed E-state index contributed by atoms with van der Waals surface area (Å²) in [6, 6.07) is 10.2. The number of hydrogen-bond acceptors (Lipinski definition) is 7. The highest BCUT2D eigenvalue weighted by Gasteiger charge is 2.19. The molecule has 1 aliphatic rings. The summed E-state index contributed by atoms with van der Waals surface area (Å²) >= 11 is 1.57. The lowest BCUT2D eigenvalue weighted by Gasteiger charge is -2.25. The number of nitrogens with one attached hydrogen (secondary N) is 2. The summed E-state index contributed by atoms with van der Waals surface area (Å²) in [5.41, 5.74) is 2.30. The van der Waals surface area contributed by atoms with Crippen molar-refractivity contribution < 1.29 is 9.13 Å². The standard InChI is InChI=1S/C22H20FN5OS/c23-15-2-1-3-16(11-15)27-22-26-13-14-10-18(21-25-8-9-30-21)20(12-19(14)28-22)29-17-4-6-24-7-5-17/h1-3,8-13,17,24H,4-7H2,(H,26,27,28). The van der Waals surface area contributed by atoms with Crippen LogP contribution in [0.4, 0.5) is 16.0 Å². The smallest absolute Gasteiger partial charge is 0.227 e. The summed E-state index contributed by atoms with van der Waals surface area (Å²) in [6.45, 7) is 1.91. The lowest BCUT2D eigenvalue weighted by Crippen LogP contribution is -2.34. The molecule has 0 saturated carbocycles. The molecular formula is C22H20FN5OS. The lowest BCUT2D eigenvalue weighted by molar-refractivity contribution is 0.163. The number of rotatable bonds is 5. The Morgan fingerprint density at radius 2 is 2.03 bits per heavy atom. The zero-order valence-corrected chi connectivity index (χ0v) is 17.0. The second-order valence-corrected chi connectivity index (χ2v) is 8.04. The first-order chi connectivity index (χ1) is 14.7. The van der Waals surface area contributed by atoms with Gasteiger partial charge in [-0.1, -0.05) is 6.07 Å². The van der Waals surface area contributed by atoms with Crippen LogP contribution in [-0.4, -0.2) is 34.1 Å². The van der Waals surface area contributed by atoms with Gasteiger partial charge in [-0.25, -0.2) is 19.3 Å². The van der Waals surface area contributed by atoms with Gasteiger partial charge in [-0.2, -0.15) is 0 Å². The lowest BCUT2D eigenvalue weighted by atomic mass is 10.1. The Balaban J connectivity index is 1.52. The zero-order chi connectivity index (χ0) is 20.3. The van der Waals surface area contributed by atoms with Crippen molar-refractivity contribution in [1.29, 1.82) is 0 Å². The summed E-state index contributed by atoms with van der Waals surface area (Å²) in [7, 11) is 0. The molecule has 0 atom stereocenters. The largest absolute Gasteiger partial charge is 0.490 e. The minimum atomic E-state index is -0.313. The van der Waals surface area contributed by atoms with E-state index in [0.717, 1.165) is 53.2 Å². The van der Waals surface area contributed by atoms with E-state index >= 15 is 0 Å². The Morgan fingerprint density at radius 3 is 2.83 bits per heavy atom. The third-order valence-electron chi connectivity index (χ3n) is 5.00. The molecule has 0 aliphatic carbocycles. The van der Waals surface area contributed by atoms with E-state index in [0.29, 0.717) is 11.6 Å². The van der Waals surface area contributed by atoms with Crippen molar-refractivity contribution in [3.05, 3.63) is 60.0 Å². The van der Waals surface area contributed by atoms with Crippen LogP contribution >= 0.6 is 11.3 Å². The van der Waals surface area contributed by atoms with Gasteiger partial charge in [-0.3, -0.25) is 0 Å². The molecule has 1 saturated heterocycles. The van der Waals surface area contributed by atoms with Gasteiger partial charge in [-0.15, -0.1) is 11.3 Å². The molecule has 6 nitrogen and oxygen atoms in total. The molecule has 0 radical (unpaired) electrons. The molecule has 30 heavy (non-hydrogen) atoms. The SMILES string of the molecule is Fc1cccc(Nc2ncc3cc(-c4nccs4)c(OC4CCNCC4)cc3n2)c1. The van der Waals surface area contributed by atoms with Gasteiger partial charge in [0.15, 0.2) is 0 Å². The van der Waals surface area contributed by atoms with Crippen molar-refractivity contribution in [1.82, 2.24) is 20.3 Å². The maximum Gasteiger partial charge on any atom is 0.227 e. The number of anilines is 2. The maximum absolute atomic E-state index is 13.5. The third kappa shape index (κ3) is 4.10. The van der Waals surface area contributed by atoms with Crippen LogP contribution in [0.3, 0.4) is 0 Å². The molecule has 0 amide bonds. The van der Waals surface area contributed by atoms with E-state index in [4.69, 9.17) is 4.74 Å². The van der Waals surface area contributed by atoms with E-state index in [1.54, 1.807) is 35.9 Å². The Labute approximate surface area is 177 Å². The van der Waals surface area contributed by atoms with E-state index < -0.39 is 0 Å². The van der Waals surface area contributed by atoms with E-state index in [2.05, 4.69) is 25.6 Å². The summed E-state index contributed by atoms with van der Waals surface area (Å²) < 4.78 is 19.9. The van der Waals surface area contributed by atoms with Crippen molar-refractivity contribution in [3.8, 4) is 16.3 Å². The maximum atomic E-state index is 13.5. The second-order valence-electron chi connectivity index (χ2n) is 7.14. The number of fused-ring (bicyclic) bond motifs is 1. The Bertz CT molecular complexity index is 1160. The van der Waals surface area contributed by atoms with Gasteiger partial charge in [-0.05, 0) is 50.2 Å². The van der Waals surface area contributed by atoms with Crippen molar-refractivity contribution in [3.63, 3.8) is 0 Å². The Morgan fingerprint density at radius 1 is 1.13 bits per heavy atom. The van der Waals surface area contributed by atoms with Gasteiger partial charge in [0.05, 0.1) is 11.1 Å². The van der Waals surface area contributed by atoms with Crippen LogP contribution in [0.15, 0.2) is 54.2 Å². The predicted octanol–water partition coefficient (Wildman–Crippen LogP) is 4.77. The highest BCUT2D eigenvalue weighted by Crippen LogP contribution is 2.36. The molecule has 2 aromatic carbocycles. The van der Waals surface area contributed by atoms with Gasteiger partial charge in [0, 0.05) is 34.9 Å². The molecule has 1 fully saturated rings. The topological polar surface area (TPSA) is 72.0 Å². The van der Waals surface area contributed by atoms with E-state index in [1.165, 1.54) is 12.1 Å². The number of ether oxygens (including phenoxy) is 1. The quantitative estimate of drug-likeness (QED) is 0.484. The summed E-state index contributed by atoms with van der Waals surface area (Å²) in [5.74, 6) is 0.870. The van der Waals surface area contributed by atoms with Crippen LogP contribution in [0, 0.1) is 5.82 Å². The molecule has 3 heterocycles. The highest BCUT2D eigenvalue weighted by molar-refractivity contribution is 7.13.